The first-order valence-corrected chi connectivity index (χ1v) is 12.6. The predicted molar refractivity (Wildman–Crippen MR) is 134 cm³/mol. The molecule has 0 amide bonds. The second-order valence-corrected chi connectivity index (χ2v) is 9.60. The van der Waals surface area contributed by atoms with Crippen LogP contribution >= 0.6 is 0 Å². The minimum absolute atomic E-state index is 0.0382. The van der Waals surface area contributed by atoms with Crippen LogP contribution in [0.15, 0.2) is 0 Å². The monoisotopic (exact) mass is 544 g/mol. The van der Waals surface area contributed by atoms with E-state index in [1.165, 1.54) is 13.8 Å². The summed E-state index contributed by atoms with van der Waals surface area (Å²) in [5.74, 6) is -4.80. The third-order valence-corrected chi connectivity index (χ3v) is 6.52. The molecule has 0 aromatic heterocycles. The van der Waals surface area contributed by atoms with E-state index in [1.54, 1.807) is 19.6 Å². The first-order chi connectivity index (χ1) is 17.8. The summed E-state index contributed by atoms with van der Waals surface area (Å²) in [7, 11) is 0. The van der Waals surface area contributed by atoms with Crippen LogP contribution in [0.2, 0.25) is 0 Å². The van der Waals surface area contributed by atoms with E-state index in [1.807, 2.05) is 0 Å². The zero-order chi connectivity index (χ0) is 28.8. The number of hydrogen-bond donors (Lipinski definition) is 4. The number of Topliss-reactive ketones (excluding diaryl/α,β-unsaturated/α-hetero) is 2. The number of carbonyl (C=O) groups excluding carboxylic acids is 2. The summed E-state index contributed by atoms with van der Waals surface area (Å²) in [5.41, 5.74) is 0. The highest BCUT2D eigenvalue weighted by Crippen LogP contribution is 2.14. The zero-order valence-corrected chi connectivity index (χ0v) is 22.1. The summed E-state index contributed by atoms with van der Waals surface area (Å²) >= 11 is 0. The Kier molecular flexibility index (Phi) is 14.6. The van der Waals surface area contributed by atoms with Crippen LogP contribution in [0.3, 0.4) is 0 Å². The second kappa shape index (κ2) is 16.8. The smallest absolute Gasteiger partial charge is 0.320 e. The molecule has 2 atom stereocenters. The van der Waals surface area contributed by atoms with Crippen molar-refractivity contribution in [3.8, 4) is 0 Å². The Bertz CT molecular complexity index is 784. The Morgan fingerprint density at radius 2 is 0.842 bits per heavy atom. The maximum absolute atomic E-state index is 12.1. The number of nitrogens with zero attached hydrogens (tertiary/aromatic N) is 4. The molecular weight excluding hydrogens is 504 g/mol. The van der Waals surface area contributed by atoms with E-state index < -0.39 is 36.0 Å². The molecule has 0 radical (unpaired) electrons. The molecule has 1 rings (SSSR count). The number of aliphatic carboxylic acids is 4. The highest BCUT2D eigenvalue weighted by molar-refractivity contribution is 5.79. The van der Waals surface area contributed by atoms with Crippen LogP contribution < -0.4 is 0 Å². The molecule has 1 aliphatic heterocycles. The van der Waals surface area contributed by atoms with E-state index in [0.29, 0.717) is 0 Å². The molecule has 216 valence electrons. The van der Waals surface area contributed by atoms with Gasteiger partial charge in [0.25, 0.3) is 0 Å². The minimum atomic E-state index is -1.14. The molecule has 14 nitrogen and oxygen atoms in total. The van der Waals surface area contributed by atoms with E-state index in [0.717, 1.165) is 0 Å². The first-order valence-electron chi connectivity index (χ1n) is 12.6. The largest absolute Gasteiger partial charge is 0.480 e. The fourth-order valence-corrected chi connectivity index (χ4v) is 4.45. The number of ketones is 2. The summed E-state index contributed by atoms with van der Waals surface area (Å²) in [6.07, 6.45) is 0.165. The molecule has 0 aliphatic carbocycles. The van der Waals surface area contributed by atoms with Gasteiger partial charge in [-0.25, -0.2) is 0 Å². The third kappa shape index (κ3) is 13.0. The summed E-state index contributed by atoms with van der Waals surface area (Å²) in [6.45, 7) is 3.32. The molecule has 4 N–H and O–H groups in total. The molecule has 1 heterocycles. The zero-order valence-electron chi connectivity index (χ0n) is 22.1. The number of rotatable bonds is 14. The Hall–Kier alpha value is -2.94. The van der Waals surface area contributed by atoms with Gasteiger partial charge in [0.2, 0.25) is 0 Å². The molecule has 0 bridgehead atoms. The van der Waals surface area contributed by atoms with Crippen LogP contribution in [0, 0.1) is 0 Å². The van der Waals surface area contributed by atoms with E-state index in [-0.39, 0.29) is 103 Å². The Morgan fingerprint density at radius 1 is 0.553 bits per heavy atom. The van der Waals surface area contributed by atoms with Crippen molar-refractivity contribution in [3.05, 3.63) is 0 Å². The molecule has 2 unspecified atom stereocenters. The van der Waals surface area contributed by atoms with Gasteiger partial charge >= 0.3 is 23.9 Å². The molecule has 0 saturated carbocycles. The average Bonchev–Trinajstić information content (AvgIpc) is 2.78. The quantitative estimate of drug-likeness (QED) is 0.208. The van der Waals surface area contributed by atoms with Crippen LogP contribution in [0.5, 0.6) is 0 Å². The van der Waals surface area contributed by atoms with Gasteiger partial charge in [-0.2, -0.15) is 0 Å². The maximum Gasteiger partial charge on any atom is 0.320 e. The van der Waals surface area contributed by atoms with Crippen LogP contribution in [-0.2, 0) is 28.8 Å². The van der Waals surface area contributed by atoms with E-state index in [9.17, 15) is 49.2 Å². The van der Waals surface area contributed by atoms with E-state index in [4.69, 9.17) is 0 Å². The lowest BCUT2D eigenvalue weighted by atomic mass is 10.1. The number of carbonyl (C=O) groups is 6. The van der Waals surface area contributed by atoms with E-state index >= 15 is 0 Å². The van der Waals surface area contributed by atoms with Gasteiger partial charge < -0.3 is 30.0 Å². The maximum atomic E-state index is 12.1. The van der Waals surface area contributed by atoms with Crippen molar-refractivity contribution in [1.82, 2.24) is 19.6 Å². The van der Waals surface area contributed by atoms with Gasteiger partial charge in [-0.1, -0.05) is 0 Å². The molecule has 38 heavy (non-hydrogen) atoms. The normalized spacial score (nSPS) is 19.0. The molecule has 0 spiro atoms. The van der Waals surface area contributed by atoms with Crippen molar-refractivity contribution in [2.24, 2.45) is 0 Å². The predicted octanol–water partition coefficient (Wildman–Crippen LogP) is -0.978. The number of carboxylic acids is 4. The van der Waals surface area contributed by atoms with Crippen molar-refractivity contribution in [3.63, 3.8) is 0 Å². The molecule has 1 fully saturated rings. The van der Waals surface area contributed by atoms with Gasteiger partial charge in [0, 0.05) is 65.2 Å². The highest BCUT2D eigenvalue weighted by Gasteiger charge is 2.31. The van der Waals surface area contributed by atoms with Crippen LogP contribution in [-0.4, -0.2) is 153 Å². The first kappa shape index (κ1) is 33.1. The van der Waals surface area contributed by atoms with Gasteiger partial charge in [0.15, 0.2) is 0 Å². The average molecular weight is 545 g/mol. The summed E-state index contributed by atoms with van der Waals surface area (Å²) in [6, 6.07) is -2.08. The van der Waals surface area contributed by atoms with Gasteiger partial charge in [0.1, 0.15) is 23.7 Å². The summed E-state index contributed by atoms with van der Waals surface area (Å²) < 4.78 is 0. The van der Waals surface area contributed by atoms with Gasteiger partial charge in [-0.3, -0.25) is 38.8 Å². The topological polar surface area (TPSA) is 196 Å². The lowest BCUT2D eigenvalue weighted by Crippen LogP contribution is -2.53. The fraction of sp³-hybridized carbons (Fsp3) is 0.750. The summed E-state index contributed by atoms with van der Waals surface area (Å²) in [5, 5.41) is 38.5. The Balaban J connectivity index is 3.32. The molecule has 14 heteroatoms. The molecular formula is C24H40N4O10. The minimum Gasteiger partial charge on any atom is -0.480 e. The van der Waals surface area contributed by atoms with Crippen molar-refractivity contribution in [2.75, 3.05) is 65.4 Å². The molecule has 1 saturated heterocycles. The standard InChI is InChI=1S/C24H40N4O10/c1-17(29)3-5-19(23(35)36)27-11-9-25(15-21(31)32)7-8-26(16-22(33)34)10-12-28(14-13-27)20(24(37)38)6-4-18(2)30/h19-20H,3-16H2,1-2H3,(H,31,32)(H,33,34)(H,35,36)(H,37,38). The second-order valence-electron chi connectivity index (χ2n) is 9.60. The van der Waals surface area contributed by atoms with Crippen molar-refractivity contribution in [2.45, 2.75) is 51.6 Å². The van der Waals surface area contributed by atoms with Crippen molar-refractivity contribution < 1.29 is 49.2 Å². The fourth-order valence-electron chi connectivity index (χ4n) is 4.45. The third-order valence-electron chi connectivity index (χ3n) is 6.52. The number of hydrogen-bond acceptors (Lipinski definition) is 10. The lowest BCUT2D eigenvalue weighted by Gasteiger charge is -2.37. The Labute approximate surface area is 221 Å². The van der Waals surface area contributed by atoms with Crippen molar-refractivity contribution >= 4 is 35.4 Å². The highest BCUT2D eigenvalue weighted by atomic mass is 16.4. The van der Waals surface area contributed by atoms with Gasteiger partial charge in [-0.05, 0) is 26.7 Å². The van der Waals surface area contributed by atoms with Gasteiger partial charge in [-0.15, -0.1) is 0 Å². The van der Waals surface area contributed by atoms with Crippen LogP contribution in [0.4, 0.5) is 0 Å². The number of carboxylic acid groups (broad SMARTS) is 4. The molecule has 0 aromatic carbocycles. The molecule has 0 aromatic rings. The Morgan fingerprint density at radius 3 is 1.11 bits per heavy atom. The van der Waals surface area contributed by atoms with Crippen LogP contribution in [0.1, 0.15) is 39.5 Å². The van der Waals surface area contributed by atoms with Crippen molar-refractivity contribution in [1.29, 1.82) is 0 Å². The molecule has 1 aliphatic rings. The van der Waals surface area contributed by atoms with E-state index in [2.05, 4.69) is 0 Å². The van der Waals surface area contributed by atoms with Crippen LogP contribution in [0.25, 0.3) is 0 Å². The lowest BCUT2D eigenvalue weighted by molar-refractivity contribution is -0.147. The SMILES string of the molecule is CC(=O)CCC(C(=O)O)N1CCN(CC(=O)O)CCN(CC(=O)O)CCN(C(CCC(C)=O)C(=O)O)CC1. The van der Waals surface area contributed by atoms with Gasteiger partial charge in [0.05, 0.1) is 13.1 Å². The summed E-state index contributed by atoms with van der Waals surface area (Å²) in [4.78, 5) is 76.6.